The lowest BCUT2D eigenvalue weighted by Gasteiger charge is -2.26. The van der Waals surface area contributed by atoms with E-state index < -0.39 is 17.1 Å². The number of aromatic nitrogens is 5. The fourth-order valence-corrected chi connectivity index (χ4v) is 3.33. The molecule has 0 saturated carbocycles. The summed E-state index contributed by atoms with van der Waals surface area (Å²) in [6.45, 7) is 4.88. The van der Waals surface area contributed by atoms with E-state index >= 15 is 0 Å². The molecule has 0 bridgehead atoms. The molecule has 30 heavy (non-hydrogen) atoms. The highest BCUT2D eigenvalue weighted by Gasteiger charge is 2.16. The second-order valence-electron chi connectivity index (χ2n) is 7.00. The molecule has 0 radical (unpaired) electrons. The lowest BCUT2D eigenvalue weighted by Crippen LogP contribution is -2.38. The van der Waals surface area contributed by atoms with E-state index in [1.165, 1.54) is 35.9 Å². The van der Waals surface area contributed by atoms with Crippen molar-refractivity contribution in [2.24, 2.45) is 7.05 Å². The molecular weight excluding hydrogens is 393 g/mol. The van der Waals surface area contributed by atoms with E-state index in [2.05, 4.69) is 25.4 Å². The molecule has 1 saturated heterocycles. The minimum absolute atomic E-state index is 0.00658. The van der Waals surface area contributed by atoms with Crippen LogP contribution in [0.3, 0.4) is 0 Å². The van der Waals surface area contributed by atoms with Gasteiger partial charge in [-0.25, -0.2) is 18.7 Å². The van der Waals surface area contributed by atoms with Crippen LogP contribution < -0.4 is 16.6 Å². The van der Waals surface area contributed by atoms with E-state index in [0.29, 0.717) is 12.2 Å². The summed E-state index contributed by atoms with van der Waals surface area (Å²) in [5.74, 6) is -0.223. The van der Waals surface area contributed by atoms with Gasteiger partial charge < -0.3 is 10.1 Å². The van der Waals surface area contributed by atoms with Crippen LogP contribution in [-0.4, -0.2) is 68.6 Å². The fraction of sp³-hybridized carbons (Fsp3) is 0.421. The van der Waals surface area contributed by atoms with Gasteiger partial charge >= 0.3 is 5.69 Å². The Balaban J connectivity index is 1.58. The summed E-state index contributed by atoms with van der Waals surface area (Å²) in [7, 11) is 1.36. The highest BCUT2D eigenvalue weighted by atomic mass is 19.1. The number of nitrogens with zero attached hydrogens (tertiary/aromatic N) is 6. The molecule has 2 aromatic heterocycles. The zero-order valence-electron chi connectivity index (χ0n) is 16.5. The molecule has 1 fully saturated rings. The average Bonchev–Trinajstić information content (AvgIpc) is 2.77. The summed E-state index contributed by atoms with van der Waals surface area (Å²) in [6, 6.07) is 5.31. The first-order valence-electron chi connectivity index (χ1n) is 9.71. The maximum absolute atomic E-state index is 13.3. The van der Waals surface area contributed by atoms with Crippen molar-refractivity contribution >= 4 is 17.1 Å². The third-order valence-corrected chi connectivity index (χ3v) is 4.99. The maximum atomic E-state index is 13.3. The number of rotatable bonds is 6. The van der Waals surface area contributed by atoms with Gasteiger partial charge in [-0.15, -0.1) is 10.2 Å². The van der Waals surface area contributed by atoms with Crippen LogP contribution in [0.4, 0.5) is 10.3 Å². The van der Waals surface area contributed by atoms with Crippen LogP contribution in [0.15, 0.2) is 33.9 Å². The highest BCUT2D eigenvalue weighted by Crippen LogP contribution is 2.12. The number of ether oxygens (including phenoxy) is 1. The molecule has 0 spiro atoms. The predicted octanol–water partition coefficient (Wildman–Crippen LogP) is 0.148. The molecule has 0 amide bonds. The predicted molar refractivity (Wildman–Crippen MR) is 108 cm³/mol. The van der Waals surface area contributed by atoms with Crippen molar-refractivity contribution in [1.29, 1.82) is 0 Å². The molecule has 1 aliphatic rings. The van der Waals surface area contributed by atoms with Gasteiger partial charge in [-0.3, -0.25) is 14.3 Å². The molecule has 1 aromatic carbocycles. The smallest absolute Gasteiger partial charge is 0.337 e. The number of hydrogen-bond acceptors (Lipinski definition) is 8. The van der Waals surface area contributed by atoms with Crippen molar-refractivity contribution in [3.63, 3.8) is 0 Å². The molecule has 11 heteroatoms. The Kier molecular flexibility index (Phi) is 5.81. The molecule has 3 heterocycles. The van der Waals surface area contributed by atoms with Gasteiger partial charge in [-0.05, 0) is 37.2 Å². The van der Waals surface area contributed by atoms with Gasteiger partial charge in [0.1, 0.15) is 5.82 Å². The first kappa shape index (κ1) is 20.1. The molecule has 10 nitrogen and oxygen atoms in total. The van der Waals surface area contributed by atoms with E-state index in [1.807, 2.05) is 0 Å². The van der Waals surface area contributed by atoms with Crippen LogP contribution in [0, 0.1) is 5.82 Å². The van der Waals surface area contributed by atoms with E-state index in [1.54, 1.807) is 0 Å². The van der Waals surface area contributed by atoms with Gasteiger partial charge in [0.2, 0.25) is 5.95 Å². The van der Waals surface area contributed by atoms with Crippen molar-refractivity contribution < 1.29 is 9.13 Å². The van der Waals surface area contributed by atoms with Crippen molar-refractivity contribution in [2.75, 3.05) is 44.7 Å². The molecule has 0 aliphatic carbocycles. The second kappa shape index (κ2) is 8.67. The Hall–Kier alpha value is -3.18. The Labute approximate surface area is 170 Å². The number of nitrogens with one attached hydrogen (secondary N) is 1. The fourth-order valence-electron chi connectivity index (χ4n) is 3.33. The minimum atomic E-state index is -0.610. The zero-order valence-corrected chi connectivity index (χ0v) is 16.5. The second-order valence-corrected chi connectivity index (χ2v) is 7.00. The lowest BCUT2D eigenvalue weighted by molar-refractivity contribution is 0.0378. The van der Waals surface area contributed by atoms with E-state index in [9.17, 15) is 14.0 Å². The molecule has 1 aliphatic heterocycles. The Morgan fingerprint density at radius 2 is 1.87 bits per heavy atom. The Morgan fingerprint density at radius 3 is 2.60 bits per heavy atom. The number of morpholine rings is 1. The third kappa shape index (κ3) is 4.07. The van der Waals surface area contributed by atoms with Gasteiger partial charge in [0.15, 0.2) is 11.2 Å². The van der Waals surface area contributed by atoms with Crippen LogP contribution in [0.2, 0.25) is 0 Å². The maximum Gasteiger partial charge on any atom is 0.337 e. The molecule has 0 atom stereocenters. The summed E-state index contributed by atoms with van der Waals surface area (Å²) in [5.41, 5.74) is -0.786. The zero-order chi connectivity index (χ0) is 21.1. The molecular formula is C19H22FN7O3. The quantitative estimate of drug-likeness (QED) is 0.567. The number of benzene rings is 1. The van der Waals surface area contributed by atoms with Gasteiger partial charge in [0, 0.05) is 26.7 Å². The van der Waals surface area contributed by atoms with Crippen molar-refractivity contribution in [3.05, 3.63) is 50.9 Å². The number of hydrogen-bond donors (Lipinski definition) is 1. The van der Waals surface area contributed by atoms with E-state index in [0.717, 1.165) is 43.8 Å². The van der Waals surface area contributed by atoms with Gasteiger partial charge in [-0.1, -0.05) is 0 Å². The molecule has 3 aromatic rings. The summed E-state index contributed by atoms with van der Waals surface area (Å²) in [4.78, 5) is 31.8. The summed E-state index contributed by atoms with van der Waals surface area (Å²) < 4.78 is 20.8. The topological polar surface area (TPSA) is 107 Å². The van der Waals surface area contributed by atoms with Crippen LogP contribution in [0.1, 0.15) is 6.42 Å². The number of fused-ring (bicyclic) bond motifs is 1. The molecule has 4 rings (SSSR count). The Morgan fingerprint density at radius 1 is 1.13 bits per heavy atom. The molecule has 0 unspecified atom stereocenters. The Bertz CT molecular complexity index is 1150. The first-order valence-corrected chi connectivity index (χ1v) is 9.71. The number of halogens is 1. The minimum Gasteiger partial charge on any atom is -0.379 e. The van der Waals surface area contributed by atoms with Gasteiger partial charge in [-0.2, -0.15) is 0 Å². The third-order valence-electron chi connectivity index (χ3n) is 4.99. The van der Waals surface area contributed by atoms with Crippen LogP contribution in [0.5, 0.6) is 0 Å². The molecule has 158 valence electrons. The summed E-state index contributed by atoms with van der Waals surface area (Å²) in [5, 5.41) is 11.2. The highest BCUT2D eigenvalue weighted by molar-refractivity contribution is 5.71. The van der Waals surface area contributed by atoms with Gasteiger partial charge in [0.25, 0.3) is 5.56 Å². The van der Waals surface area contributed by atoms with Crippen LogP contribution in [-0.2, 0) is 11.8 Å². The van der Waals surface area contributed by atoms with Crippen LogP contribution >= 0.6 is 0 Å². The SMILES string of the molecule is Cn1c(=O)c2nc(NCCCN3CCOCC3)nnc2n(-c2ccc(F)cc2)c1=O. The standard InChI is InChI=1S/C19H22FN7O3/c1-25-17(28)15-16(27(19(25)29)14-5-3-13(20)4-6-14)23-24-18(22-15)21-7-2-8-26-9-11-30-12-10-26/h3-6H,2,7-12H2,1H3,(H,21,22,24). The summed E-state index contributed by atoms with van der Waals surface area (Å²) in [6.07, 6.45) is 0.870. The first-order chi connectivity index (χ1) is 14.5. The van der Waals surface area contributed by atoms with Gasteiger partial charge in [0.05, 0.1) is 18.9 Å². The monoisotopic (exact) mass is 415 g/mol. The van der Waals surface area contributed by atoms with E-state index in [4.69, 9.17) is 4.74 Å². The van der Waals surface area contributed by atoms with E-state index in [-0.39, 0.29) is 17.1 Å². The average molecular weight is 415 g/mol. The number of anilines is 1. The molecule has 1 N–H and O–H groups in total. The van der Waals surface area contributed by atoms with Crippen molar-refractivity contribution in [2.45, 2.75) is 6.42 Å². The summed E-state index contributed by atoms with van der Waals surface area (Å²) >= 11 is 0. The largest absolute Gasteiger partial charge is 0.379 e. The lowest BCUT2D eigenvalue weighted by atomic mass is 10.3. The van der Waals surface area contributed by atoms with Crippen molar-refractivity contribution in [3.8, 4) is 5.69 Å². The normalized spacial score (nSPS) is 14.9. The van der Waals surface area contributed by atoms with Crippen molar-refractivity contribution in [1.82, 2.24) is 29.2 Å². The van der Waals surface area contributed by atoms with Crippen LogP contribution in [0.25, 0.3) is 16.9 Å².